The van der Waals surface area contributed by atoms with Crippen LogP contribution in [0.1, 0.15) is 12.5 Å². The zero-order valence-electron chi connectivity index (χ0n) is 9.56. The van der Waals surface area contributed by atoms with Crippen molar-refractivity contribution in [2.45, 2.75) is 12.5 Å². The Morgan fingerprint density at radius 1 is 1.41 bits per heavy atom. The van der Waals surface area contributed by atoms with E-state index in [1.165, 1.54) is 18.2 Å². The van der Waals surface area contributed by atoms with Gasteiger partial charge in [0.15, 0.2) is 0 Å². The quantitative estimate of drug-likeness (QED) is 0.788. The number of hydrogen-bond acceptors (Lipinski definition) is 2. The summed E-state index contributed by atoms with van der Waals surface area (Å²) >= 11 is 0. The molecule has 1 amide bonds. The molecule has 0 spiro atoms. The predicted molar refractivity (Wildman–Crippen MR) is 62.6 cm³/mol. The van der Waals surface area contributed by atoms with Gasteiger partial charge in [-0.3, -0.25) is 4.79 Å². The fraction of sp³-hybridized carbons (Fsp3) is 0.308. The van der Waals surface area contributed by atoms with E-state index in [1.54, 1.807) is 30.0 Å². The second-order valence-electron chi connectivity index (χ2n) is 4.58. The van der Waals surface area contributed by atoms with Crippen molar-refractivity contribution in [3.63, 3.8) is 0 Å². The highest BCUT2D eigenvalue weighted by atomic mass is 19.1. The van der Waals surface area contributed by atoms with Crippen molar-refractivity contribution in [1.29, 1.82) is 0 Å². The average Bonchev–Trinajstić information content (AvgIpc) is 2.24. The summed E-state index contributed by atoms with van der Waals surface area (Å²) in [6.07, 6.45) is 3.07. The molecule has 90 valence electrons. The van der Waals surface area contributed by atoms with Gasteiger partial charge in [0.2, 0.25) is 5.91 Å². The summed E-state index contributed by atoms with van der Waals surface area (Å²) in [6.45, 7) is 2.42. The van der Waals surface area contributed by atoms with E-state index < -0.39 is 5.60 Å². The van der Waals surface area contributed by atoms with Crippen LogP contribution in [0.15, 0.2) is 30.3 Å². The lowest BCUT2D eigenvalue weighted by Crippen LogP contribution is -2.61. The average molecular weight is 235 g/mol. The van der Waals surface area contributed by atoms with Gasteiger partial charge in [-0.1, -0.05) is 12.1 Å². The van der Waals surface area contributed by atoms with Crippen molar-refractivity contribution in [2.24, 2.45) is 0 Å². The van der Waals surface area contributed by atoms with Crippen LogP contribution >= 0.6 is 0 Å². The molecular weight excluding hydrogens is 221 g/mol. The van der Waals surface area contributed by atoms with Crippen LogP contribution in [-0.2, 0) is 4.79 Å². The van der Waals surface area contributed by atoms with Gasteiger partial charge in [0.25, 0.3) is 0 Å². The number of carbonyl (C=O) groups is 1. The summed E-state index contributed by atoms with van der Waals surface area (Å²) in [6, 6.07) is 5.90. The van der Waals surface area contributed by atoms with Crippen LogP contribution in [0.25, 0.3) is 6.08 Å². The monoisotopic (exact) mass is 235 g/mol. The molecule has 2 rings (SSSR count). The fourth-order valence-electron chi connectivity index (χ4n) is 1.78. The second kappa shape index (κ2) is 4.30. The molecule has 4 heteroatoms. The van der Waals surface area contributed by atoms with Crippen molar-refractivity contribution in [1.82, 2.24) is 4.90 Å². The van der Waals surface area contributed by atoms with E-state index in [1.807, 2.05) is 0 Å². The lowest BCUT2D eigenvalue weighted by atomic mass is 9.97. The predicted octanol–water partition coefficient (Wildman–Crippen LogP) is 1.43. The summed E-state index contributed by atoms with van der Waals surface area (Å²) in [4.78, 5) is 13.2. The number of benzene rings is 1. The Kier molecular flexibility index (Phi) is 2.98. The van der Waals surface area contributed by atoms with Crippen molar-refractivity contribution < 1.29 is 14.3 Å². The van der Waals surface area contributed by atoms with Crippen molar-refractivity contribution in [3.8, 4) is 0 Å². The molecule has 0 aromatic heterocycles. The molecule has 0 radical (unpaired) electrons. The Bertz CT molecular complexity index is 443. The number of hydrogen-bond donors (Lipinski definition) is 1. The van der Waals surface area contributed by atoms with E-state index in [0.717, 1.165) is 5.56 Å². The number of aliphatic hydroxyl groups is 1. The van der Waals surface area contributed by atoms with E-state index in [0.29, 0.717) is 13.1 Å². The third kappa shape index (κ3) is 2.91. The maximum absolute atomic E-state index is 12.6. The summed E-state index contributed by atoms with van der Waals surface area (Å²) in [5.41, 5.74) is 0.0198. The van der Waals surface area contributed by atoms with Crippen molar-refractivity contribution in [2.75, 3.05) is 13.1 Å². The molecule has 1 aromatic rings. The van der Waals surface area contributed by atoms with Gasteiger partial charge in [-0.2, -0.15) is 0 Å². The Hall–Kier alpha value is -1.68. The first-order chi connectivity index (χ1) is 7.96. The first-order valence-corrected chi connectivity index (χ1v) is 5.41. The normalized spacial score (nSPS) is 18.2. The maximum atomic E-state index is 12.6. The molecular formula is C13H14FNO2. The lowest BCUT2D eigenvalue weighted by Gasteiger charge is -2.43. The number of β-amino-alcohol motifs (C(OH)–C–C–N with tert-alkyl or cyclic N) is 1. The van der Waals surface area contributed by atoms with E-state index in [2.05, 4.69) is 0 Å². The molecule has 0 aliphatic carbocycles. The topological polar surface area (TPSA) is 40.5 Å². The summed E-state index contributed by atoms with van der Waals surface area (Å²) in [5.74, 6) is -0.437. The molecule has 0 saturated carbocycles. The van der Waals surface area contributed by atoms with Crippen LogP contribution in [0, 0.1) is 5.82 Å². The molecule has 1 saturated heterocycles. The molecule has 1 aliphatic heterocycles. The minimum atomic E-state index is -0.751. The van der Waals surface area contributed by atoms with Crippen LogP contribution in [0.3, 0.4) is 0 Å². The minimum Gasteiger partial charge on any atom is -0.386 e. The number of likely N-dealkylation sites (tertiary alicyclic amines) is 1. The SMILES string of the molecule is CC1(O)CN(C(=O)C=Cc2ccc(F)cc2)C1. The summed E-state index contributed by atoms with van der Waals surface area (Å²) in [5, 5.41) is 9.49. The third-order valence-electron chi connectivity index (χ3n) is 2.66. The zero-order valence-corrected chi connectivity index (χ0v) is 9.56. The summed E-state index contributed by atoms with van der Waals surface area (Å²) < 4.78 is 12.6. The van der Waals surface area contributed by atoms with E-state index in [-0.39, 0.29) is 11.7 Å². The van der Waals surface area contributed by atoms with E-state index in [9.17, 15) is 14.3 Å². The smallest absolute Gasteiger partial charge is 0.246 e. The molecule has 3 nitrogen and oxygen atoms in total. The molecule has 0 atom stereocenters. The molecule has 0 bridgehead atoms. The van der Waals surface area contributed by atoms with Crippen LogP contribution in [0.2, 0.25) is 0 Å². The second-order valence-corrected chi connectivity index (χ2v) is 4.58. The van der Waals surface area contributed by atoms with Gasteiger partial charge in [0, 0.05) is 6.08 Å². The summed E-state index contributed by atoms with van der Waals surface area (Å²) in [7, 11) is 0. The van der Waals surface area contributed by atoms with Gasteiger partial charge >= 0.3 is 0 Å². The van der Waals surface area contributed by atoms with Gasteiger partial charge in [0.1, 0.15) is 5.82 Å². The Morgan fingerprint density at radius 3 is 2.53 bits per heavy atom. The molecule has 1 aliphatic rings. The fourth-order valence-corrected chi connectivity index (χ4v) is 1.78. The highest BCUT2D eigenvalue weighted by Gasteiger charge is 2.38. The van der Waals surface area contributed by atoms with Crippen LogP contribution in [0.5, 0.6) is 0 Å². The van der Waals surface area contributed by atoms with Crippen molar-refractivity contribution >= 4 is 12.0 Å². The van der Waals surface area contributed by atoms with Gasteiger partial charge in [-0.15, -0.1) is 0 Å². The molecule has 0 unspecified atom stereocenters. The number of rotatable bonds is 2. The number of carbonyl (C=O) groups excluding carboxylic acids is 1. The van der Waals surface area contributed by atoms with Crippen LogP contribution in [0.4, 0.5) is 4.39 Å². The zero-order chi connectivity index (χ0) is 12.5. The van der Waals surface area contributed by atoms with Crippen LogP contribution in [-0.4, -0.2) is 34.6 Å². The molecule has 17 heavy (non-hydrogen) atoms. The van der Waals surface area contributed by atoms with E-state index in [4.69, 9.17) is 0 Å². The van der Waals surface area contributed by atoms with Crippen LogP contribution < -0.4 is 0 Å². The standard InChI is InChI=1S/C13H14FNO2/c1-13(17)8-15(9-13)12(16)7-4-10-2-5-11(14)6-3-10/h2-7,17H,8-9H2,1H3. The highest BCUT2D eigenvalue weighted by Crippen LogP contribution is 2.20. The minimum absolute atomic E-state index is 0.138. The number of halogens is 1. The van der Waals surface area contributed by atoms with Gasteiger partial charge < -0.3 is 10.0 Å². The molecule has 1 heterocycles. The molecule has 1 fully saturated rings. The molecule has 1 aromatic carbocycles. The first kappa shape index (κ1) is 11.8. The highest BCUT2D eigenvalue weighted by molar-refractivity contribution is 5.92. The Morgan fingerprint density at radius 2 is 2.00 bits per heavy atom. The Labute approximate surface area is 99.2 Å². The molecule has 1 N–H and O–H groups in total. The van der Waals surface area contributed by atoms with Gasteiger partial charge in [-0.25, -0.2) is 4.39 Å². The number of nitrogens with zero attached hydrogens (tertiary/aromatic N) is 1. The van der Waals surface area contributed by atoms with Gasteiger partial charge in [-0.05, 0) is 30.7 Å². The maximum Gasteiger partial charge on any atom is 0.246 e. The largest absolute Gasteiger partial charge is 0.386 e. The van der Waals surface area contributed by atoms with E-state index >= 15 is 0 Å². The van der Waals surface area contributed by atoms with Crippen molar-refractivity contribution in [3.05, 3.63) is 41.7 Å². The van der Waals surface area contributed by atoms with Gasteiger partial charge in [0.05, 0.1) is 18.7 Å². The Balaban J connectivity index is 1.93. The lowest BCUT2D eigenvalue weighted by molar-refractivity contribution is -0.146. The first-order valence-electron chi connectivity index (χ1n) is 5.41. The third-order valence-corrected chi connectivity index (χ3v) is 2.66. The number of amides is 1.